The Morgan fingerprint density at radius 1 is 1.35 bits per heavy atom. The second-order valence-electron chi connectivity index (χ2n) is 6.72. The molecule has 6 nitrogen and oxygen atoms in total. The van der Waals surface area contributed by atoms with E-state index >= 15 is 0 Å². The van der Waals surface area contributed by atoms with E-state index in [9.17, 15) is 15.8 Å². The number of allylic oxidation sites excluding steroid dienone is 2. The molecule has 0 spiro atoms. The van der Waals surface area contributed by atoms with Crippen LogP contribution in [0.25, 0.3) is 0 Å². The van der Waals surface area contributed by atoms with Gasteiger partial charge in [-0.1, -0.05) is 19.1 Å². The Hall–Kier alpha value is -3.14. The summed E-state index contributed by atoms with van der Waals surface area (Å²) < 4.78 is 0. The minimum absolute atomic E-state index is 0.0605. The van der Waals surface area contributed by atoms with Gasteiger partial charge in [0.2, 0.25) is 0 Å². The molecule has 26 heavy (non-hydrogen) atoms. The van der Waals surface area contributed by atoms with Crippen LogP contribution in [0.5, 0.6) is 0 Å². The van der Waals surface area contributed by atoms with Crippen molar-refractivity contribution in [3.63, 3.8) is 0 Å². The van der Waals surface area contributed by atoms with Gasteiger partial charge in [0.25, 0.3) is 0 Å². The smallest absolute Gasteiger partial charge is 0.191 e. The highest BCUT2D eigenvalue weighted by molar-refractivity contribution is 5.59. The molecule has 0 fully saturated rings. The molecule has 0 aromatic carbocycles. The van der Waals surface area contributed by atoms with E-state index < -0.39 is 11.3 Å². The van der Waals surface area contributed by atoms with Crippen LogP contribution in [0.1, 0.15) is 24.8 Å². The van der Waals surface area contributed by atoms with Crippen LogP contribution < -0.4 is 5.73 Å². The summed E-state index contributed by atoms with van der Waals surface area (Å²) in [6.45, 7) is 4.46. The van der Waals surface area contributed by atoms with Crippen molar-refractivity contribution < 1.29 is 0 Å². The Labute approximate surface area is 153 Å². The molecule has 1 aliphatic carbocycles. The van der Waals surface area contributed by atoms with Crippen molar-refractivity contribution in [2.45, 2.75) is 19.3 Å². The van der Waals surface area contributed by atoms with Gasteiger partial charge in [-0.3, -0.25) is 9.88 Å². The van der Waals surface area contributed by atoms with E-state index in [2.05, 4.69) is 35.0 Å². The van der Waals surface area contributed by atoms with Crippen molar-refractivity contribution >= 4 is 0 Å². The van der Waals surface area contributed by atoms with Crippen molar-refractivity contribution in [3.05, 3.63) is 53.0 Å². The van der Waals surface area contributed by atoms with Crippen LogP contribution in [0, 0.1) is 45.3 Å². The molecule has 0 unspecified atom stereocenters. The standard InChI is InChI=1S/C20H20N6/c1-2-7-26-8-5-15-16(9-21)19(24)20(12-22,13-23)18(17(15)11-26)14-4-3-6-25-10-14/h3-6,10,17-18H,2,7-8,11,24H2,1H3/t17-,18+/m1/s1. The Balaban J connectivity index is 2.26. The highest BCUT2D eigenvalue weighted by Crippen LogP contribution is 2.53. The molecule has 0 radical (unpaired) electrons. The normalized spacial score (nSPS) is 24.6. The highest BCUT2D eigenvalue weighted by Gasteiger charge is 2.54. The maximum Gasteiger partial charge on any atom is 0.191 e. The Morgan fingerprint density at radius 2 is 2.12 bits per heavy atom. The fourth-order valence-electron chi connectivity index (χ4n) is 4.17. The predicted octanol–water partition coefficient (Wildman–Crippen LogP) is 2.22. The van der Waals surface area contributed by atoms with Gasteiger partial charge in [0.15, 0.2) is 5.41 Å². The summed E-state index contributed by atoms with van der Waals surface area (Å²) in [7, 11) is 0. The molecule has 1 aromatic rings. The average Bonchev–Trinajstić information content (AvgIpc) is 2.68. The van der Waals surface area contributed by atoms with Crippen LogP contribution >= 0.6 is 0 Å². The number of fused-ring (bicyclic) bond motifs is 1. The van der Waals surface area contributed by atoms with Gasteiger partial charge in [0.1, 0.15) is 6.07 Å². The van der Waals surface area contributed by atoms with E-state index in [-0.39, 0.29) is 17.2 Å². The molecule has 1 aliphatic heterocycles. The molecular weight excluding hydrogens is 324 g/mol. The molecular formula is C20H20N6. The molecule has 0 amide bonds. The largest absolute Gasteiger partial charge is 0.399 e. The number of nitriles is 3. The van der Waals surface area contributed by atoms with E-state index in [1.807, 2.05) is 12.1 Å². The summed E-state index contributed by atoms with van der Waals surface area (Å²) >= 11 is 0. The summed E-state index contributed by atoms with van der Waals surface area (Å²) in [6, 6.07) is 10.1. The Morgan fingerprint density at radius 3 is 2.69 bits per heavy atom. The first-order valence-electron chi connectivity index (χ1n) is 8.68. The fourth-order valence-corrected chi connectivity index (χ4v) is 4.17. The molecule has 2 heterocycles. The average molecular weight is 344 g/mol. The fraction of sp³-hybridized carbons (Fsp3) is 0.400. The van der Waals surface area contributed by atoms with E-state index in [4.69, 9.17) is 5.73 Å². The maximum atomic E-state index is 9.97. The highest BCUT2D eigenvalue weighted by atomic mass is 15.1. The van der Waals surface area contributed by atoms with E-state index in [0.29, 0.717) is 6.54 Å². The van der Waals surface area contributed by atoms with Gasteiger partial charge < -0.3 is 5.73 Å². The molecule has 130 valence electrons. The number of aromatic nitrogens is 1. The second-order valence-corrected chi connectivity index (χ2v) is 6.72. The molecule has 0 saturated heterocycles. The molecule has 2 N–H and O–H groups in total. The second kappa shape index (κ2) is 7.00. The van der Waals surface area contributed by atoms with Gasteiger partial charge in [-0.15, -0.1) is 0 Å². The maximum absolute atomic E-state index is 9.97. The van der Waals surface area contributed by atoms with Gasteiger partial charge in [0, 0.05) is 37.3 Å². The zero-order valence-electron chi connectivity index (χ0n) is 14.7. The van der Waals surface area contributed by atoms with Gasteiger partial charge in [-0.2, -0.15) is 15.8 Å². The first kappa shape index (κ1) is 17.7. The third-order valence-corrected chi connectivity index (χ3v) is 5.32. The van der Waals surface area contributed by atoms with Crippen molar-refractivity contribution in [2.24, 2.45) is 17.1 Å². The molecule has 1 aromatic heterocycles. The zero-order valence-corrected chi connectivity index (χ0v) is 14.7. The van der Waals surface area contributed by atoms with Crippen molar-refractivity contribution in [3.8, 4) is 18.2 Å². The Kier molecular flexibility index (Phi) is 4.76. The summed E-state index contributed by atoms with van der Waals surface area (Å²) in [4.78, 5) is 6.46. The quantitative estimate of drug-likeness (QED) is 0.899. The number of nitrogens with zero attached hydrogens (tertiary/aromatic N) is 5. The summed E-state index contributed by atoms with van der Waals surface area (Å²) in [5.74, 6) is -0.616. The number of pyridine rings is 1. The third-order valence-electron chi connectivity index (χ3n) is 5.32. The van der Waals surface area contributed by atoms with Gasteiger partial charge in [-0.25, -0.2) is 0 Å². The van der Waals surface area contributed by atoms with Crippen LogP contribution in [0.3, 0.4) is 0 Å². The lowest BCUT2D eigenvalue weighted by atomic mass is 9.58. The van der Waals surface area contributed by atoms with E-state index in [0.717, 1.165) is 30.6 Å². The summed E-state index contributed by atoms with van der Waals surface area (Å²) in [5, 5.41) is 29.6. The van der Waals surface area contributed by atoms with Gasteiger partial charge in [-0.05, 0) is 30.2 Å². The monoisotopic (exact) mass is 344 g/mol. The predicted molar refractivity (Wildman–Crippen MR) is 95.8 cm³/mol. The first-order valence-corrected chi connectivity index (χ1v) is 8.68. The van der Waals surface area contributed by atoms with E-state index in [1.165, 1.54) is 0 Å². The summed E-state index contributed by atoms with van der Waals surface area (Å²) in [6.07, 6.45) is 6.39. The minimum atomic E-state index is -1.58. The minimum Gasteiger partial charge on any atom is -0.399 e. The van der Waals surface area contributed by atoms with Crippen LogP contribution in [0.15, 0.2) is 47.4 Å². The summed E-state index contributed by atoms with van der Waals surface area (Å²) in [5.41, 5.74) is 6.67. The SMILES string of the molecule is CCCN1CC=C2C(C#N)=C(N)C(C#N)(C#N)[C@@H](c3cccnc3)[C@@H]2C1. The molecule has 2 aliphatic rings. The topological polar surface area (TPSA) is 114 Å². The van der Waals surface area contributed by atoms with Gasteiger partial charge >= 0.3 is 0 Å². The van der Waals surface area contributed by atoms with Crippen LogP contribution in [0.2, 0.25) is 0 Å². The van der Waals surface area contributed by atoms with Crippen LogP contribution in [-0.2, 0) is 0 Å². The van der Waals surface area contributed by atoms with E-state index in [1.54, 1.807) is 18.5 Å². The van der Waals surface area contributed by atoms with Gasteiger partial charge in [0.05, 0.1) is 23.4 Å². The molecule has 2 atom stereocenters. The number of hydrogen-bond acceptors (Lipinski definition) is 6. The lowest BCUT2D eigenvalue weighted by Crippen LogP contribution is -2.48. The Bertz CT molecular complexity index is 864. The lowest BCUT2D eigenvalue weighted by Gasteiger charge is -2.45. The number of hydrogen-bond donors (Lipinski definition) is 1. The first-order chi connectivity index (χ1) is 12.6. The third kappa shape index (κ3) is 2.54. The van der Waals surface area contributed by atoms with Crippen molar-refractivity contribution in [2.75, 3.05) is 19.6 Å². The van der Waals surface area contributed by atoms with Crippen molar-refractivity contribution in [1.29, 1.82) is 15.8 Å². The molecule has 0 bridgehead atoms. The lowest BCUT2D eigenvalue weighted by molar-refractivity contribution is 0.207. The van der Waals surface area contributed by atoms with Crippen molar-refractivity contribution in [1.82, 2.24) is 9.88 Å². The molecule has 3 rings (SSSR count). The zero-order chi connectivity index (χ0) is 18.7. The van der Waals surface area contributed by atoms with Crippen LogP contribution in [0.4, 0.5) is 0 Å². The molecule has 0 saturated carbocycles. The number of nitrogens with two attached hydrogens (primary N) is 1. The number of rotatable bonds is 3. The van der Waals surface area contributed by atoms with Crippen LogP contribution in [-0.4, -0.2) is 29.5 Å². The molecule has 6 heteroatoms.